The molecule has 1 fully saturated rings. The first-order chi connectivity index (χ1) is 9.33. The van der Waals surface area contributed by atoms with E-state index in [1.54, 1.807) is 0 Å². The first-order valence-corrected chi connectivity index (χ1v) is 6.95. The highest BCUT2D eigenvalue weighted by Gasteiger charge is 2.29. The number of rotatable bonds is 1. The van der Waals surface area contributed by atoms with Gasteiger partial charge in [0.1, 0.15) is 11.4 Å². The number of hydrogen-bond donors (Lipinski definition) is 0. The molecule has 1 aliphatic carbocycles. The Bertz CT molecular complexity index is 644. The molecule has 4 rings (SSSR count). The van der Waals surface area contributed by atoms with Crippen molar-refractivity contribution in [1.82, 2.24) is 5.32 Å². The zero-order chi connectivity index (χ0) is 12.8. The zero-order valence-electron chi connectivity index (χ0n) is 11.0. The summed E-state index contributed by atoms with van der Waals surface area (Å²) in [7, 11) is 0. The van der Waals surface area contributed by atoms with Crippen LogP contribution >= 0.6 is 0 Å². The molecule has 19 heavy (non-hydrogen) atoms. The fourth-order valence-electron chi connectivity index (χ4n) is 2.97. The van der Waals surface area contributed by atoms with E-state index in [1.165, 1.54) is 30.4 Å². The molecule has 0 unspecified atom stereocenters. The van der Waals surface area contributed by atoms with Gasteiger partial charge in [0.15, 0.2) is 11.5 Å². The van der Waals surface area contributed by atoms with Crippen molar-refractivity contribution in [2.75, 3.05) is 0 Å². The van der Waals surface area contributed by atoms with Crippen LogP contribution in [0.2, 0.25) is 0 Å². The molecule has 1 radical (unpaired) electrons. The molecule has 1 saturated carbocycles. The van der Waals surface area contributed by atoms with Crippen LogP contribution in [0.25, 0.3) is 0 Å². The van der Waals surface area contributed by atoms with Crippen LogP contribution in [-0.4, -0.2) is 0 Å². The van der Waals surface area contributed by atoms with Crippen molar-refractivity contribution in [1.29, 1.82) is 0 Å². The molecule has 1 heterocycles. The fraction of sp³-hybridized carbons (Fsp3) is 0.294. The maximum absolute atomic E-state index is 6.00. The van der Waals surface area contributed by atoms with Crippen LogP contribution in [0.1, 0.15) is 36.3 Å². The van der Waals surface area contributed by atoms with Gasteiger partial charge >= 0.3 is 0 Å². The van der Waals surface area contributed by atoms with Crippen LogP contribution in [0, 0.1) is 6.92 Å². The highest BCUT2D eigenvalue weighted by molar-refractivity contribution is 5.72. The number of fused-ring (bicyclic) bond motifs is 2. The number of nitrogens with zero attached hydrogens (tertiary/aromatic N) is 1. The van der Waals surface area contributed by atoms with Crippen molar-refractivity contribution in [3.05, 3.63) is 47.5 Å². The standard InChI is InChI=1S/C17H16NO/c1-11-9-10-15-17(16(11)12-5-4-6-12)18-13-7-2-3-8-14(13)19-15/h2-3,7-10,12H,4-6H2,1H3. The largest absolute Gasteiger partial charge is 0.453 e. The third kappa shape index (κ3) is 1.63. The van der Waals surface area contributed by atoms with E-state index >= 15 is 0 Å². The van der Waals surface area contributed by atoms with Gasteiger partial charge in [0.25, 0.3) is 0 Å². The molecular weight excluding hydrogens is 234 g/mol. The number of ether oxygens (including phenoxy) is 1. The van der Waals surface area contributed by atoms with Crippen LogP contribution in [0.15, 0.2) is 36.4 Å². The molecule has 2 aromatic carbocycles. The van der Waals surface area contributed by atoms with Gasteiger partial charge in [0.05, 0.1) is 0 Å². The third-order valence-corrected chi connectivity index (χ3v) is 4.23. The van der Waals surface area contributed by atoms with Crippen molar-refractivity contribution in [3.8, 4) is 11.5 Å². The van der Waals surface area contributed by atoms with Crippen molar-refractivity contribution >= 4 is 11.4 Å². The Balaban J connectivity index is 1.84. The van der Waals surface area contributed by atoms with E-state index in [0.29, 0.717) is 5.92 Å². The van der Waals surface area contributed by atoms with Crippen LogP contribution < -0.4 is 10.1 Å². The summed E-state index contributed by atoms with van der Waals surface area (Å²) in [6.45, 7) is 2.18. The number of aryl methyl sites for hydroxylation is 1. The minimum Gasteiger partial charge on any atom is -0.453 e. The summed E-state index contributed by atoms with van der Waals surface area (Å²) in [6.07, 6.45) is 3.91. The molecule has 2 heteroatoms. The van der Waals surface area contributed by atoms with E-state index in [-0.39, 0.29) is 0 Å². The second-order valence-electron chi connectivity index (χ2n) is 5.45. The molecule has 0 N–H and O–H groups in total. The van der Waals surface area contributed by atoms with E-state index in [1.807, 2.05) is 30.3 Å². The molecule has 0 bridgehead atoms. The number of benzene rings is 2. The average molecular weight is 250 g/mol. The second-order valence-corrected chi connectivity index (χ2v) is 5.45. The summed E-state index contributed by atoms with van der Waals surface area (Å²) in [4.78, 5) is 0. The van der Waals surface area contributed by atoms with E-state index in [9.17, 15) is 0 Å². The van der Waals surface area contributed by atoms with Gasteiger partial charge < -0.3 is 4.74 Å². The molecule has 0 amide bonds. The zero-order valence-corrected chi connectivity index (χ0v) is 11.0. The smallest absolute Gasteiger partial charge is 0.153 e. The predicted octanol–water partition coefficient (Wildman–Crippen LogP) is 4.94. The molecule has 2 aliphatic rings. The summed E-state index contributed by atoms with van der Waals surface area (Å²) in [6, 6.07) is 12.2. The molecule has 0 aromatic heterocycles. The third-order valence-electron chi connectivity index (χ3n) is 4.23. The summed E-state index contributed by atoms with van der Waals surface area (Å²) in [5, 5.41) is 4.85. The lowest BCUT2D eigenvalue weighted by atomic mass is 9.77. The van der Waals surface area contributed by atoms with Gasteiger partial charge in [0.2, 0.25) is 0 Å². The summed E-state index contributed by atoms with van der Waals surface area (Å²) >= 11 is 0. The van der Waals surface area contributed by atoms with E-state index in [4.69, 9.17) is 10.1 Å². The van der Waals surface area contributed by atoms with E-state index in [2.05, 4.69) is 13.0 Å². The minimum atomic E-state index is 0.674. The van der Waals surface area contributed by atoms with Gasteiger partial charge in [-0.25, -0.2) is 5.32 Å². The Hall–Kier alpha value is -1.96. The van der Waals surface area contributed by atoms with Crippen LogP contribution in [0.3, 0.4) is 0 Å². The van der Waals surface area contributed by atoms with Gasteiger partial charge in [0, 0.05) is 0 Å². The van der Waals surface area contributed by atoms with Crippen molar-refractivity contribution < 1.29 is 4.74 Å². The monoisotopic (exact) mass is 250 g/mol. The lowest BCUT2D eigenvalue weighted by Gasteiger charge is -2.31. The highest BCUT2D eigenvalue weighted by Crippen LogP contribution is 2.50. The van der Waals surface area contributed by atoms with Gasteiger partial charge in [-0.1, -0.05) is 24.6 Å². The highest BCUT2D eigenvalue weighted by atomic mass is 16.5. The number of hydrogen-bond acceptors (Lipinski definition) is 1. The first kappa shape index (κ1) is 10.9. The maximum atomic E-state index is 6.00. The molecule has 2 aromatic rings. The Morgan fingerprint density at radius 2 is 1.89 bits per heavy atom. The Morgan fingerprint density at radius 3 is 2.68 bits per heavy atom. The predicted molar refractivity (Wildman–Crippen MR) is 75.7 cm³/mol. The van der Waals surface area contributed by atoms with Crippen LogP contribution in [0.4, 0.5) is 11.4 Å². The van der Waals surface area contributed by atoms with Gasteiger partial charge in [-0.15, -0.1) is 0 Å². The Morgan fingerprint density at radius 1 is 1.05 bits per heavy atom. The lowest BCUT2D eigenvalue weighted by Crippen LogP contribution is -2.14. The molecule has 2 nitrogen and oxygen atoms in total. The average Bonchev–Trinajstić information content (AvgIpc) is 2.38. The van der Waals surface area contributed by atoms with Gasteiger partial charge in [-0.3, -0.25) is 0 Å². The molecule has 0 atom stereocenters. The van der Waals surface area contributed by atoms with Crippen molar-refractivity contribution in [3.63, 3.8) is 0 Å². The second kappa shape index (κ2) is 4.02. The number of para-hydroxylation sites is 2. The first-order valence-electron chi connectivity index (χ1n) is 6.95. The topological polar surface area (TPSA) is 23.3 Å². The Kier molecular flexibility index (Phi) is 2.31. The molecule has 1 aliphatic heterocycles. The van der Waals surface area contributed by atoms with Crippen LogP contribution in [0.5, 0.6) is 11.5 Å². The van der Waals surface area contributed by atoms with E-state index < -0.39 is 0 Å². The Labute approximate surface area is 113 Å². The molecule has 95 valence electrons. The van der Waals surface area contributed by atoms with Crippen molar-refractivity contribution in [2.45, 2.75) is 32.1 Å². The maximum Gasteiger partial charge on any atom is 0.153 e. The molecule has 0 saturated heterocycles. The molecule has 0 spiro atoms. The van der Waals surface area contributed by atoms with E-state index in [0.717, 1.165) is 22.9 Å². The SMILES string of the molecule is Cc1ccc2c(c1C1CCC1)[N]c1ccccc1O2. The summed E-state index contributed by atoms with van der Waals surface area (Å²) in [5.74, 6) is 2.44. The van der Waals surface area contributed by atoms with Crippen LogP contribution in [-0.2, 0) is 0 Å². The van der Waals surface area contributed by atoms with Crippen molar-refractivity contribution in [2.24, 2.45) is 0 Å². The van der Waals surface area contributed by atoms with Gasteiger partial charge in [-0.05, 0) is 55.0 Å². The summed E-state index contributed by atoms with van der Waals surface area (Å²) in [5.41, 5.74) is 4.75. The quantitative estimate of drug-likeness (QED) is 0.600. The fourth-order valence-corrected chi connectivity index (χ4v) is 2.97. The summed E-state index contributed by atoms with van der Waals surface area (Å²) < 4.78 is 6.00. The van der Waals surface area contributed by atoms with Gasteiger partial charge in [-0.2, -0.15) is 0 Å². The minimum absolute atomic E-state index is 0.674. The lowest BCUT2D eigenvalue weighted by molar-refractivity contribution is 0.413. The normalized spacial score (nSPS) is 16.7. The molecular formula is C17H16NO.